The fraction of sp³-hybridized carbons (Fsp3) is 0.750. The molecule has 0 spiro atoms. The molecular weight excluding hydrogens is 262 g/mol. The molecule has 0 unspecified atom stereocenters. The minimum Gasteiger partial charge on any atom is -0.383 e. The first-order chi connectivity index (χ1) is 10.1. The minimum absolute atomic E-state index is 0.551. The van der Waals surface area contributed by atoms with E-state index in [9.17, 15) is 0 Å². The van der Waals surface area contributed by atoms with Gasteiger partial charge < -0.3 is 15.5 Å². The van der Waals surface area contributed by atoms with Gasteiger partial charge in [0, 0.05) is 38.2 Å². The summed E-state index contributed by atoms with van der Waals surface area (Å²) < 4.78 is 0. The Bertz CT molecular complexity index is 466. The lowest BCUT2D eigenvalue weighted by molar-refractivity contribution is 0.220. The Balaban J connectivity index is 2.16. The maximum atomic E-state index is 6.08. The summed E-state index contributed by atoms with van der Waals surface area (Å²) in [5.41, 5.74) is 7.09. The molecule has 0 amide bonds. The highest BCUT2D eigenvalue weighted by Gasteiger charge is 2.24. The number of nitrogens with two attached hydrogens (primary N) is 1. The summed E-state index contributed by atoms with van der Waals surface area (Å²) in [6.07, 6.45) is 4.31. The summed E-state index contributed by atoms with van der Waals surface area (Å²) in [5, 5.41) is 0. The standard InChI is InChI=1S/C16H29N5/c1-5-7-14-18-15(17)12(3)16(19-14)20(4)13-8-10-21(6-2)11-9-13/h13H,5-11H2,1-4H3,(H2,17,18,19). The van der Waals surface area contributed by atoms with E-state index in [0.29, 0.717) is 11.9 Å². The van der Waals surface area contributed by atoms with Crippen LogP contribution in [0.1, 0.15) is 44.5 Å². The quantitative estimate of drug-likeness (QED) is 0.901. The Morgan fingerprint density at radius 3 is 2.48 bits per heavy atom. The van der Waals surface area contributed by atoms with Crippen molar-refractivity contribution in [2.45, 2.75) is 52.5 Å². The van der Waals surface area contributed by atoms with E-state index in [-0.39, 0.29) is 0 Å². The van der Waals surface area contributed by atoms with Crippen LogP contribution in [0.15, 0.2) is 0 Å². The van der Waals surface area contributed by atoms with Gasteiger partial charge in [-0.1, -0.05) is 13.8 Å². The molecule has 1 saturated heterocycles. The fourth-order valence-electron chi connectivity index (χ4n) is 3.04. The maximum absolute atomic E-state index is 6.08. The lowest BCUT2D eigenvalue weighted by Crippen LogP contribution is -2.44. The summed E-state index contributed by atoms with van der Waals surface area (Å²) in [4.78, 5) is 14.0. The van der Waals surface area contributed by atoms with Crippen molar-refractivity contribution in [1.82, 2.24) is 14.9 Å². The highest BCUT2D eigenvalue weighted by molar-refractivity contribution is 5.56. The van der Waals surface area contributed by atoms with Gasteiger partial charge in [-0.2, -0.15) is 0 Å². The second-order valence-corrected chi connectivity index (χ2v) is 6.00. The zero-order valence-electron chi connectivity index (χ0n) is 13.9. The first-order valence-corrected chi connectivity index (χ1v) is 8.15. The normalized spacial score (nSPS) is 17.1. The first kappa shape index (κ1) is 16.0. The van der Waals surface area contributed by atoms with Crippen LogP contribution < -0.4 is 10.6 Å². The third-order valence-corrected chi connectivity index (χ3v) is 4.56. The van der Waals surface area contributed by atoms with Gasteiger partial charge in [0.05, 0.1) is 0 Å². The van der Waals surface area contributed by atoms with Crippen LogP contribution in [0, 0.1) is 6.92 Å². The lowest BCUT2D eigenvalue weighted by atomic mass is 10.0. The number of anilines is 2. The van der Waals surface area contributed by atoms with Crippen LogP contribution in [-0.4, -0.2) is 47.6 Å². The Labute approximate surface area is 128 Å². The summed E-state index contributed by atoms with van der Waals surface area (Å²) in [6, 6.07) is 0.551. The molecule has 1 aliphatic heterocycles. The first-order valence-electron chi connectivity index (χ1n) is 8.15. The molecule has 0 aromatic carbocycles. The minimum atomic E-state index is 0.551. The largest absolute Gasteiger partial charge is 0.383 e. The second-order valence-electron chi connectivity index (χ2n) is 6.00. The van der Waals surface area contributed by atoms with Crippen molar-refractivity contribution in [1.29, 1.82) is 0 Å². The van der Waals surface area contributed by atoms with Crippen LogP contribution in [0.4, 0.5) is 11.6 Å². The van der Waals surface area contributed by atoms with Crippen LogP contribution >= 0.6 is 0 Å². The van der Waals surface area contributed by atoms with Gasteiger partial charge in [0.1, 0.15) is 17.5 Å². The number of aromatic nitrogens is 2. The predicted octanol–water partition coefficient (Wildman–Crippen LogP) is 2.24. The molecule has 2 N–H and O–H groups in total. The number of nitrogens with zero attached hydrogens (tertiary/aromatic N) is 4. The maximum Gasteiger partial charge on any atom is 0.137 e. The number of aryl methyl sites for hydroxylation is 1. The van der Waals surface area contributed by atoms with Crippen molar-refractivity contribution in [3.63, 3.8) is 0 Å². The average molecular weight is 291 g/mol. The zero-order valence-corrected chi connectivity index (χ0v) is 13.9. The van der Waals surface area contributed by atoms with Gasteiger partial charge in [-0.15, -0.1) is 0 Å². The molecule has 0 saturated carbocycles. The Morgan fingerprint density at radius 2 is 1.90 bits per heavy atom. The molecule has 1 aliphatic rings. The van der Waals surface area contributed by atoms with Gasteiger partial charge in [0.15, 0.2) is 0 Å². The molecule has 21 heavy (non-hydrogen) atoms. The van der Waals surface area contributed by atoms with Gasteiger partial charge in [-0.25, -0.2) is 9.97 Å². The molecule has 2 rings (SSSR count). The van der Waals surface area contributed by atoms with E-state index >= 15 is 0 Å². The molecule has 118 valence electrons. The summed E-state index contributed by atoms with van der Waals surface area (Å²) in [6.45, 7) is 9.90. The van der Waals surface area contributed by atoms with E-state index in [4.69, 9.17) is 10.7 Å². The zero-order chi connectivity index (χ0) is 15.4. The molecule has 1 fully saturated rings. The number of hydrogen-bond acceptors (Lipinski definition) is 5. The molecule has 0 atom stereocenters. The van der Waals surface area contributed by atoms with Crippen LogP contribution in [0.25, 0.3) is 0 Å². The molecule has 0 radical (unpaired) electrons. The topological polar surface area (TPSA) is 58.3 Å². The predicted molar refractivity (Wildman–Crippen MR) is 88.7 cm³/mol. The van der Waals surface area contributed by atoms with Crippen LogP contribution in [0.5, 0.6) is 0 Å². The molecule has 1 aromatic heterocycles. The summed E-state index contributed by atoms with van der Waals surface area (Å²) >= 11 is 0. The van der Waals surface area contributed by atoms with E-state index in [1.165, 1.54) is 25.9 Å². The van der Waals surface area contributed by atoms with Crippen molar-refractivity contribution in [2.24, 2.45) is 0 Å². The Morgan fingerprint density at radius 1 is 1.24 bits per heavy atom. The van der Waals surface area contributed by atoms with Gasteiger partial charge in [-0.3, -0.25) is 0 Å². The highest BCUT2D eigenvalue weighted by Crippen LogP contribution is 2.26. The molecule has 0 bridgehead atoms. The van der Waals surface area contributed by atoms with Crippen molar-refractivity contribution in [3.8, 4) is 0 Å². The van der Waals surface area contributed by atoms with E-state index in [0.717, 1.165) is 36.6 Å². The van der Waals surface area contributed by atoms with Crippen LogP contribution in [0.2, 0.25) is 0 Å². The summed E-state index contributed by atoms with van der Waals surface area (Å²) in [7, 11) is 2.15. The van der Waals surface area contributed by atoms with Crippen molar-refractivity contribution >= 4 is 11.6 Å². The highest BCUT2D eigenvalue weighted by atomic mass is 15.2. The number of hydrogen-bond donors (Lipinski definition) is 1. The van der Waals surface area contributed by atoms with Crippen molar-refractivity contribution in [3.05, 3.63) is 11.4 Å². The van der Waals surface area contributed by atoms with E-state index in [2.05, 4.69) is 35.7 Å². The summed E-state index contributed by atoms with van der Waals surface area (Å²) in [5.74, 6) is 2.51. The van der Waals surface area contributed by atoms with Gasteiger partial charge in [-0.05, 0) is 32.7 Å². The molecule has 0 aliphatic carbocycles. The van der Waals surface area contributed by atoms with Crippen LogP contribution in [0.3, 0.4) is 0 Å². The number of likely N-dealkylation sites (tertiary alicyclic amines) is 1. The Kier molecular flexibility index (Phi) is 5.39. The molecule has 2 heterocycles. The van der Waals surface area contributed by atoms with Gasteiger partial charge >= 0.3 is 0 Å². The van der Waals surface area contributed by atoms with E-state index in [1.54, 1.807) is 0 Å². The van der Waals surface area contributed by atoms with E-state index < -0.39 is 0 Å². The molecule has 5 heteroatoms. The molecular formula is C16H29N5. The molecule has 1 aromatic rings. The number of rotatable bonds is 5. The van der Waals surface area contributed by atoms with E-state index in [1.807, 2.05) is 6.92 Å². The number of piperidine rings is 1. The van der Waals surface area contributed by atoms with Gasteiger partial charge in [0.2, 0.25) is 0 Å². The van der Waals surface area contributed by atoms with Crippen LogP contribution in [-0.2, 0) is 6.42 Å². The van der Waals surface area contributed by atoms with Crippen molar-refractivity contribution in [2.75, 3.05) is 37.3 Å². The lowest BCUT2D eigenvalue weighted by Gasteiger charge is -2.37. The fourth-order valence-corrected chi connectivity index (χ4v) is 3.04. The third kappa shape index (κ3) is 3.64. The van der Waals surface area contributed by atoms with Crippen molar-refractivity contribution < 1.29 is 0 Å². The average Bonchev–Trinajstić information content (AvgIpc) is 2.50. The Hall–Kier alpha value is -1.36. The number of nitrogen functional groups attached to an aromatic ring is 1. The monoisotopic (exact) mass is 291 g/mol. The molecule has 5 nitrogen and oxygen atoms in total. The SMILES string of the molecule is CCCc1nc(N)c(C)c(N(C)C2CCN(CC)CC2)n1. The second kappa shape index (κ2) is 7.07. The smallest absolute Gasteiger partial charge is 0.137 e. The van der Waals surface area contributed by atoms with Gasteiger partial charge in [0.25, 0.3) is 0 Å². The third-order valence-electron chi connectivity index (χ3n) is 4.56.